The molecule has 0 aliphatic carbocycles. The number of anilines is 1. The summed E-state index contributed by atoms with van der Waals surface area (Å²) in [4.78, 5) is 0. The summed E-state index contributed by atoms with van der Waals surface area (Å²) in [6.45, 7) is 1.27. The fraction of sp³-hybridized carbons (Fsp3) is 0.125. The van der Waals surface area contributed by atoms with Crippen molar-refractivity contribution >= 4 is 28.2 Å². The van der Waals surface area contributed by atoms with Crippen LogP contribution in [0.1, 0.15) is 0 Å². The van der Waals surface area contributed by atoms with E-state index in [0.29, 0.717) is 12.3 Å². The van der Waals surface area contributed by atoms with Gasteiger partial charge in [-0.1, -0.05) is 41.9 Å². The fourth-order valence-corrected chi connectivity index (χ4v) is 2.53. The number of halogens is 1. The number of nitrogen functional groups attached to an aromatic ring is 1. The van der Waals surface area contributed by atoms with E-state index >= 15 is 0 Å². The molecule has 0 aliphatic heterocycles. The highest BCUT2D eigenvalue weighted by Gasteiger charge is 2.06. The molecule has 0 saturated heterocycles. The Morgan fingerprint density at radius 2 is 1.80 bits per heavy atom. The Morgan fingerprint density at radius 3 is 2.65 bits per heavy atom. The summed E-state index contributed by atoms with van der Waals surface area (Å²) in [5.41, 5.74) is 7.61. The number of aromatic nitrogens is 1. The van der Waals surface area contributed by atoms with E-state index in [9.17, 15) is 0 Å². The van der Waals surface area contributed by atoms with Gasteiger partial charge in [0.05, 0.1) is 17.3 Å². The number of ether oxygens (including phenoxy) is 1. The minimum atomic E-state index is 0.545. The lowest BCUT2D eigenvalue weighted by atomic mass is 10.2. The number of hydrogen-bond acceptors (Lipinski definition) is 2. The van der Waals surface area contributed by atoms with Gasteiger partial charge in [0.15, 0.2) is 0 Å². The van der Waals surface area contributed by atoms with Gasteiger partial charge < -0.3 is 15.0 Å². The predicted octanol–water partition coefficient (Wildman–Crippen LogP) is 3.96. The van der Waals surface area contributed by atoms with E-state index in [0.717, 1.165) is 28.2 Å². The van der Waals surface area contributed by atoms with Crippen LogP contribution >= 0.6 is 11.6 Å². The number of rotatable bonds is 4. The van der Waals surface area contributed by atoms with E-state index in [1.165, 1.54) is 0 Å². The Morgan fingerprint density at radius 1 is 1.05 bits per heavy atom. The first-order valence-corrected chi connectivity index (χ1v) is 6.84. The lowest BCUT2D eigenvalue weighted by molar-refractivity contribution is 0.302. The van der Waals surface area contributed by atoms with Gasteiger partial charge >= 0.3 is 0 Å². The lowest BCUT2D eigenvalue weighted by Gasteiger charge is -2.09. The highest BCUT2D eigenvalue weighted by molar-refractivity contribution is 6.35. The summed E-state index contributed by atoms with van der Waals surface area (Å²) in [7, 11) is 0. The number of nitrogens with two attached hydrogens (primary N) is 1. The first-order chi connectivity index (χ1) is 9.75. The zero-order valence-electron chi connectivity index (χ0n) is 10.9. The van der Waals surface area contributed by atoms with Crippen LogP contribution in [-0.4, -0.2) is 11.2 Å². The van der Waals surface area contributed by atoms with Gasteiger partial charge in [0, 0.05) is 17.1 Å². The summed E-state index contributed by atoms with van der Waals surface area (Å²) >= 11 is 6.22. The van der Waals surface area contributed by atoms with Crippen molar-refractivity contribution in [2.75, 3.05) is 12.3 Å². The Balaban J connectivity index is 1.73. The quantitative estimate of drug-likeness (QED) is 0.738. The minimum Gasteiger partial charge on any atom is -0.490 e. The molecule has 3 nitrogen and oxygen atoms in total. The molecule has 1 heterocycles. The molecule has 2 aromatic carbocycles. The van der Waals surface area contributed by atoms with Gasteiger partial charge in [0.1, 0.15) is 12.4 Å². The molecule has 0 atom stereocenters. The Labute approximate surface area is 122 Å². The van der Waals surface area contributed by atoms with Crippen LogP contribution in [0.15, 0.2) is 54.7 Å². The molecule has 20 heavy (non-hydrogen) atoms. The van der Waals surface area contributed by atoms with Crippen molar-refractivity contribution < 1.29 is 4.74 Å². The standard InChI is InChI=1S/C16H15ClN2O/c17-13-11-19(15-7-3-1-5-12(13)15)9-10-20-16-8-4-2-6-14(16)18/h1-8,11H,9-10,18H2. The van der Waals surface area contributed by atoms with Crippen LogP contribution in [0, 0.1) is 0 Å². The zero-order valence-corrected chi connectivity index (χ0v) is 11.7. The van der Waals surface area contributed by atoms with E-state index in [1.807, 2.05) is 48.7 Å². The Hall–Kier alpha value is -2.13. The SMILES string of the molecule is Nc1ccccc1OCCn1cc(Cl)c2ccccc21. The molecule has 3 aromatic rings. The van der Waals surface area contributed by atoms with Crippen LogP contribution in [0.2, 0.25) is 5.02 Å². The van der Waals surface area contributed by atoms with Crippen LogP contribution in [0.25, 0.3) is 10.9 Å². The largest absolute Gasteiger partial charge is 0.490 e. The molecule has 0 bridgehead atoms. The molecule has 0 unspecified atom stereocenters. The number of nitrogens with zero attached hydrogens (tertiary/aromatic N) is 1. The third-order valence-electron chi connectivity index (χ3n) is 3.25. The van der Waals surface area contributed by atoms with Crippen molar-refractivity contribution in [2.24, 2.45) is 0 Å². The second kappa shape index (κ2) is 5.47. The average Bonchev–Trinajstić information content (AvgIpc) is 2.78. The van der Waals surface area contributed by atoms with Gasteiger partial charge in [0.25, 0.3) is 0 Å². The number of fused-ring (bicyclic) bond motifs is 1. The Bertz CT molecular complexity index is 736. The van der Waals surface area contributed by atoms with E-state index in [1.54, 1.807) is 0 Å². The third-order valence-corrected chi connectivity index (χ3v) is 3.55. The molecule has 0 aliphatic rings. The second-order valence-electron chi connectivity index (χ2n) is 4.57. The van der Waals surface area contributed by atoms with Gasteiger partial charge in [-0.25, -0.2) is 0 Å². The highest BCUT2D eigenvalue weighted by Crippen LogP contribution is 2.25. The normalized spacial score (nSPS) is 10.8. The van der Waals surface area contributed by atoms with E-state index < -0.39 is 0 Å². The smallest absolute Gasteiger partial charge is 0.142 e. The average molecular weight is 287 g/mol. The molecule has 0 amide bonds. The van der Waals surface area contributed by atoms with Crippen LogP contribution in [0.4, 0.5) is 5.69 Å². The maximum absolute atomic E-state index is 6.22. The second-order valence-corrected chi connectivity index (χ2v) is 4.98. The predicted molar refractivity (Wildman–Crippen MR) is 83.3 cm³/mol. The molecule has 1 aromatic heterocycles. The molecular formula is C16H15ClN2O. The van der Waals surface area contributed by atoms with Crippen molar-refractivity contribution in [3.8, 4) is 5.75 Å². The Kier molecular flexibility index (Phi) is 3.52. The first kappa shape index (κ1) is 12.9. The van der Waals surface area contributed by atoms with Crippen molar-refractivity contribution in [1.82, 2.24) is 4.57 Å². The molecule has 3 rings (SSSR count). The molecule has 0 spiro atoms. The fourth-order valence-electron chi connectivity index (χ4n) is 2.25. The van der Waals surface area contributed by atoms with Gasteiger partial charge in [0.2, 0.25) is 0 Å². The topological polar surface area (TPSA) is 40.2 Å². The van der Waals surface area contributed by atoms with Crippen LogP contribution in [-0.2, 0) is 6.54 Å². The number of benzene rings is 2. The first-order valence-electron chi connectivity index (χ1n) is 6.46. The highest BCUT2D eigenvalue weighted by atomic mass is 35.5. The van der Waals surface area contributed by atoms with E-state index in [4.69, 9.17) is 22.1 Å². The van der Waals surface area contributed by atoms with Crippen LogP contribution < -0.4 is 10.5 Å². The van der Waals surface area contributed by atoms with Crippen molar-refractivity contribution in [3.05, 3.63) is 59.8 Å². The van der Waals surface area contributed by atoms with E-state index in [2.05, 4.69) is 10.6 Å². The van der Waals surface area contributed by atoms with Crippen LogP contribution in [0.3, 0.4) is 0 Å². The zero-order chi connectivity index (χ0) is 13.9. The molecular weight excluding hydrogens is 272 g/mol. The summed E-state index contributed by atoms with van der Waals surface area (Å²) < 4.78 is 7.80. The molecule has 0 saturated carbocycles. The maximum atomic E-state index is 6.22. The molecule has 2 N–H and O–H groups in total. The van der Waals surface area contributed by atoms with Gasteiger partial charge in [-0.15, -0.1) is 0 Å². The number of para-hydroxylation sites is 3. The van der Waals surface area contributed by atoms with Crippen molar-refractivity contribution in [1.29, 1.82) is 0 Å². The molecule has 102 valence electrons. The van der Waals surface area contributed by atoms with Gasteiger partial charge in [-0.05, 0) is 18.2 Å². The van der Waals surface area contributed by atoms with Crippen LogP contribution in [0.5, 0.6) is 5.75 Å². The molecule has 0 fully saturated rings. The minimum absolute atomic E-state index is 0.545. The third kappa shape index (κ3) is 2.45. The summed E-state index contributed by atoms with van der Waals surface area (Å²) in [6, 6.07) is 15.6. The van der Waals surface area contributed by atoms with Crippen molar-refractivity contribution in [2.45, 2.75) is 6.54 Å². The monoisotopic (exact) mass is 286 g/mol. The molecule has 4 heteroatoms. The summed E-state index contributed by atoms with van der Waals surface area (Å²) in [5.74, 6) is 0.718. The van der Waals surface area contributed by atoms with E-state index in [-0.39, 0.29) is 0 Å². The number of hydrogen-bond donors (Lipinski definition) is 1. The maximum Gasteiger partial charge on any atom is 0.142 e. The molecule has 0 radical (unpaired) electrons. The van der Waals surface area contributed by atoms with Crippen molar-refractivity contribution in [3.63, 3.8) is 0 Å². The van der Waals surface area contributed by atoms with Gasteiger partial charge in [-0.2, -0.15) is 0 Å². The summed E-state index contributed by atoms with van der Waals surface area (Å²) in [5, 5.41) is 1.83. The summed E-state index contributed by atoms with van der Waals surface area (Å²) in [6.07, 6.45) is 1.93. The van der Waals surface area contributed by atoms with Gasteiger partial charge in [-0.3, -0.25) is 0 Å². The lowest BCUT2D eigenvalue weighted by Crippen LogP contribution is -2.08.